The zero-order chi connectivity index (χ0) is 17.5. The summed E-state index contributed by atoms with van der Waals surface area (Å²) in [6, 6.07) is 17.5. The van der Waals surface area contributed by atoms with Gasteiger partial charge in [-0.25, -0.2) is 0 Å². The molecule has 25 heavy (non-hydrogen) atoms. The van der Waals surface area contributed by atoms with Crippen molar-refractivity contribution in [1.82, 2.24) is 10.2 Å². The van der Waals surface area contributed by atoms with Gasteiger partial charge in [-0.2, -0.15) is 0 Å². The number of anilines is 1. The minimum Gasteiger partial charge on any atom is -0.497 e. The average Bonchev–Trinajstić information content (AvgIpc) is 3.19. The van der Waals surface area contributed by atoms with Crippen LogP contribution in [0, 0.1) is 0 Å². The molecule has 0 unspecified atom stereocenters. The Hall–Kier alpha value is -2.38. The molecule has 0 bridgehead atoms. The van der Waals surface area contributed by atoms with Crippen molar-refractivity contribution in [2.45, 2.75) is 10.9 Å². The Bertz CT molecular complexity index is 793. The van der Waals surface area contributed by atoms with Gasteiger partial charge in [0, 0.05) is 5.69 Å². The molecular weight excluding hydrogens is 354 g/mol. The van der Waals surface area contributed by atoms with Gasteiger partial charge in [0.25, 0.3) is 0 Å². The molecule has 0 saturated carbocycles. The number of carbonyl (C=O) groups is 1. The summed E-state index contributed by atoms with van der Waals surface area (Å²) in [6.45, 7) is 0.517. The molecule has 2 aromatic carbocycles. The van der Waals surface area contributed by atoms with Crippen molar-refractivity contribution in [3.8, 4) is 5.75 Å². The van der Waals surface area contributed by atoms with Gasteiger partial charge in [0.1, 0.15) is 11.3 Å². The Balaban J connectivity index is 1.78. The highest BCUT2D eigenvalue weighted by Gasteiger charge is 2.17. The third kappa shape index (κ3) is 4.80. The molecule has 5 nitrogen and oxygen atoms in total. The van der Waals surface area contributed by atoms with Gasteiger partial charge >= 0.3 is 0 Å². The van der Waals surface area contributed by atoms with Crippen LogP contribution in [0.4, 0.5) is 5.69 Å². The normalized spacial score (nSPS) is 10.4. The van der Waals surface area contributed by atoms with Crippen molar-refractivity contribution in [2.24, 2.45) is 0 Å². The van der Waals surface area contributed by atoms with E-state index in [0.717, 1.165) is 21.3 Å². The van der Waals surface area contributed by atoms with Crippen molar-refractivity contribution in [3.63, 3.8) is 0 Å². The lowest BCUT2D eigenvalue weighted by Crippen LogP contribution is -2.31. The van der Waals surface area contributed by atoms with E-state index in [0.29, 0.717) is 12.3 Å². The number of hydrogen-bond acceptors (Lipinski definition) is 6. The molecule has 0 radical (unpaired) electrons. The van der Waals surface area contributed by atoms with Crippen LogP contribution in [0.1, 0.15) is 5.56 Å². The van der Waals surface area contributed by atoms with E-state index in [1.807, 2.05) is 54.6 Å². The van der Waals surface area contributed by atoms with Crippen molar-refractivity contribution in [2.75, 3.05) is 17.8 Å². The number of ether oxygens (including phenoxy) is 1. The molecule has 0 aliphatic heterocycles. The fourth-order valence-corrected chi connectivity index (χ4v) is 3.64. The Morgan fingerprint density at radius 2 is 1.92 bits per heavy atom. The molecule has 1 heterocycles. The summed E-state index contributed by atoms with van der Waals surface area (Å²) in [5.41, 5.74) is 3.58. The van der Waals surface area contributed by atoms with Gasteiger partial charge < -0.3 is 9.64 Å². The third-order valence-electron chi connectivity index (χ3n) is 3.53. The van der Waals surface area contributed by atoms with E-state index in [1.165, 1.54) is 23.1 Å². The van der Waals surface area contributed by atoms with E-state index in [-0.39, 0.29) is 5.91 Å². The summed E-state index contributed by atoms with van der Waals surface area (Å²) < 4.78 is 6.00. The van der Waals surface area contributed by atoms with Crippen molar-refractivity contribution in [1.29, 1.82) is 0 Å². The summed E-state index contributed by atoms with van der Waals surface area (Å²) in [6.07, 6.45) is 0. The highest BCUT2D eigenvalue weighted by atomic mass is 32.2. The minimum atomic E-state index is 0.0224. The molecule has 0 aliphatic carbocycles. The van der Waals surface area contributed by atoms with Gasteiger partial charge in [-0.3, -0.25) is 4.79 Å². The zero-order valence-corrected chi connectivity index (χ0v) is 15.3. The van der Waals surface area contributed by atoms with Gasteiger partial charge in [-0.05, 0) is 29.8 Å². The average molecular weight is 371 g/mol. The zero-order valence-electron chi connectivity index (χ0n) is 13.7. The number of rotatable bonds is 7. The first kappa shape index (κ1) is 17.4. The number of hydrogen-bond donors (Lipinski definition) is 0. The summed E-state index contributed by atoms with van der Waals surface area (Å²) >= 11 is 2.84. The molecule has 7 heteroatoms. The summed E-state index contributed by atoms with van der Waals surface area (Å²) in [5.74, 6) is 1.10. The van der Waals surface area contributed by atoms with E-state index < -0.39 is 0 Å². The van der Waals surface area contributed by atoms with E-state index in [2.05, 4.69) is 10.2 Å². The molecule has 3 aromatic rings. The fourth-order valence-electron chi connectivity index (χ4n) is 2.28. The number of benzene rings is 2. The maximum atomic E-state index is 12.8. The number of thioether (sulfide) groups is 1. The van der Waals surface area contributed by atoms with E-state index in [1.54, 1.807) is 17.5 Å². The lowest BCUT2D eigenvalue weighted by Gasteiger charge is -2.23. The molecule has 0 atom stereocenters. The highest BCUT2D eigenvalue weighted by Crippen LogP contribution is 2.24. The molecule has 1 amide bonds. The molecular formula is C18H17N3O2S2. The predicted molar refractivity (Wildman–Crippen MR) is 101 cm³/mol. The summed E-state index contributed by atoms with van der Waals surface area (Å²) in [7, 11) is 1.63. The minimum absolute atomic E-state index is 0.0224. The Morgan fingerprint density at radius 3 is 2.56 bits per heavy atom. The lowest BCUT2D eigenvalue weighted by atomic mass is 10.2. The maximum Gasteiger partial charge on any atom is 0.237 e. The lowest BCUT2D eigenvalue weighted by molar-refractivity contribution is -0.116. The molecule has 128 valence electrons. The molecule has 0 spiro atoms. The van der Waals surface area contributed by atoms with Crippen LogP contribution in [0.5, 0.6) is 5.75 Å². The van der Waals surface area contributed by atoms with Crippen LogP contribution in [0.25, 0.3) is 0 Å². The molecule has 0 saturated heterocycles. The van der Waals surface area contributed by atoms with Crippen LogP contribution in [0.3, 0.4) is 0 Å². The largest absolute Gasteiger partial charge is 0.497 e. The van der Waals surface area contributed by atoms with Gasteiger partial charge in [0.05, 0.1) is 19.4 Å². The number of amides is 1. The first-order valence-electron chi connectivity index (χ1n) is 7.63. The summed E-state index contributed by atoms with van der Waals surface area (Å²) in [4.78, 5) is 14.6. The number of nitrogens with zero attached hydrogens (tertiary/aromatic N) is 3. The van der Waals surface area contributed by atoms with E-state index >= 15 is 0 Å². The number of methoxy groups -OCH3 is 1. The first-order valence-corrected chi connectivity index (χ1v) is 9.50. The fraction of sp³-hybridized carbons (Fsp3) is 0.167. The molecule has 0 fully saturated rings. The van der Waals surface area contributed by atoms with Gasteiger partial charge in [-0.15, -0.1) is 10.2 Å². The molecule has 0 N–H and O–H groups in total. The van der Waals surface area contributed by atoms with Gasteiger partial charge in [0.15, 0.2) is 4.34 Å². The van der Waals surface area contributed by atoms with Crippen LogP contribution in [-0.4, -0.2) is 29.0 Å². The highest BCUT2D eigenvalue weighted by molar-refractivity contribution is 8.01. The predicted octanol–water partition coefficient (Wildman–Crippen LogP) is 3.87. The Morgan fingerprint density at radius 1 is 1.16 bits per heavy atom. The molecule has 0 aliphatic rings. The quantitative estimate of drug-likeness (QED) is 0.590. The van der Waals surface area contributed by atoms with Crippen LogP contribution in [0.2, 0.25) is 0 Å². The smallest absolute Gasteiger partial charge is 0.237 e. The van der Waals surface area contributed by atoms with Crippen molar-refractivity contribution in [3.05, 3.63) is 65.7 Å². The number of aromatic nitrogens is 2. The van der Waals surface area contributed by atoms with Gasteiger partial charge in [-0.1, -0.05) is 53.4 Å². The maximum absolute atomic E-state index is 12.8. The first-order chi connectivity index (χ1) is 12.3. The van der Waals surface area contributed by atoms with Crippen LogP contribution in [-0.2, 0) is 11.3 Å². The Labute approximate surface area is 154 Å². The second-order valence-corrected chi connectivity index (χ2v) is 7.21. The van der Waals surface area contributed by atoms with Crippen molar-refractivity contribution >= 4 is 34.7 Å². The molecule has 1 aromatic heterocycles. The topological polar surface area (TPSA) is 55.3 Å². The second-order valence-electron chi connectivity index (χ2n) is 5.16. The monoisotopic (exact) mass is 371 g/mol. The number of carbonyl (C=O) groups excluding carboxylic acids is 1. The van der Waals surface area contributed by atoms with Crippen molar-refractivity contribution < 1.29 is 9.53 Å². The third-order valence-corrected chi connectivity index (χ3v) is 5.37. The molecule has 3 rings (SSSR count). The van der Waals surface area contributed by atoms with Gasteiger partial charge in [0.2, 0.25) is 5.91 Å². The standard InChI is InChI=1S/C18H17N3O2S2/c1-23-16-9-7-15(8-10-16)21(11-14-5-3-2-4-6-14)17(22)12-24-18-20-19-13-25-18/h2-10,13H,11-12H2,1H3. The van der Waals surface area contributed by atoms with E-state index in [4.69, 9.17) is 4.74 Å². The van der Waals surface area contributed by atoms with Crippen LogP contribution < -0.4 is 9.64 Å². The summed E-state index contributed by atoms with van der Waals surface area (Å²) in [5, 5.41) is 7.77. The van der Waals surface area contributed by atoms with Crippen LogP contribution in [0.15, 0.2) is 64.4 Å². The Kier molecular flexibility index (Phi) is 6.03. The second kappa shape index (κ2) is 8.64. The van der Waals surface area contributed by atoms with E-state index in [9.17, 15) is 4.79 Å². The van der Waals surface area contributed by atoms with Crippen LogP contribution >= 0.6 is 23.1 Å². The SMILES string of the molecule is COc1ccc(N(Cc2ccccc2)C(=O)CSc2nncs2)cc1.